The average Bonchev–Trinajstić information content (AvgIpc) is 3.41. The van der Waals surface area contributed by atoms with E-state index in [-0.39, 0.29) is 52.2 Å². The molecule has 0 aliphatic rings. The molecule has 0 spiro atoms. The van der Waals surface area contributed by atoms with Crippen LogP contribution in [0.5, 0.6) is 0 Å². The summed E-state index contributed by atoms with van der Waals surface area (Å²) in [5, 5.41) is 13.9. The first-order valence-corrected chi connectivity index (χ1v) is 9.72. The van der Waals surface area contributed by atoms with Crippen LogP contribution in [0.25, 0.3) is 28.1 Å². The predicted molar refractivity (Wildman–Crippen MR) is 112 cm³/mol. The van der Waals surface area contributed by atoms with E-state index in [2.05, 4.69) is 21.2 Å². The SMILES string of the molecule is COCCn1c(=O)c2c(-c3noc(C(C)(C)OC)n3)ncn2c2ccc(Cl)c(C#N)c21. The molecule has 0 radical (unpaired) electrons. The number of rotatable bonds is 6. The molecule has 31 heavy (non-hydrogen) atoms. The summed E-state index contributed by atoms with van der Waals surface area (Å²) in [6.07, 6.45) is 1.49. The van der Waals surface area contributed by atoms with Crippen molar-refractivity contribution in [3.63, 3.8) is 0 Å². The molecule has 3 aromatic heterocycles. The minimum Gasteiger partial charge on any atom is -0.383 e. The Morgan fingerprint density at radius 3 is 2.74 bits per heavy atom. The van der Waals surface area contributed by atoms with E-state index < -0.39 is 5.60 Å². The summed E-state index contributed by atoms with van der Waals surface area (Å²) >= 11 is 6.23. The molecule has 4 rings (SSSR count). The number of imidazole rings is 1. The van der Waals surface area contributed by atoms with Gasteiger partial charge in [0.2, 0.25) is 5.82 Å². The van der Waals surface area contributed by atoms with Crippen LogP contribution in [0.1, 0.15) is 25.3 Å². The lowest BCUT2D eigenvalue weighted by Crippen LogP contribution is -2.25. The third kappa shape index (κ3) is 3.27. The molecule has 0 saturated heterocycles. The number of hydrogen-bond acceptors (Lipinski definition) is 8. The number of fused-ring (bicyclic) bond motifs is 3. The highest BCUT2D eigenvalue weighted by atomic mass is 35.5. The van der Waals surface area contributed by atoms with Crippen LogP contribution in [0.2, 0.25) is 5.02 Å². The fourth-order valence-corrected chi connectivity index (χ4v) is 3.50. The van der Waals surface area contributed by atoms with Gasteiger partial charge in [-0.2, -0.15) is 10.2 Å². The fraction of sp³-hybridized carbons (Fsp3) is 0.350. The topological polar surface area (TPSA) is 120 Å². The number of benzene rings is 1. The van der Waals surface area contributed by atoms with Gasteiger partial charge < -0.3 is 18.6 Å². The second-order valence-electron chi connectivity index (χ2n) is 7.30. The molecule has 3 heterocycles. The molecule has 0 unspecified atom stereocenters. The largest absolute Gasteiger partial charge is 0.383 e. The van der Waals surface area contributed by atoms with Crippen molar-refractivity contribution in [2.75, 3.05) is 20.8 Å². The molecule has 0 atom stereocenters. The van der Waals surface area contributed by atoms with Gasteiger partial charge in [0, 0.05) is 20.8 Å². The van der Waals surface area contributed by atoms with E-state index in [9.17, 15) is 10.1 Å². The Hall–Kier alpha value is -3.26. The van der Waals surface area contributed by atoms with E-state index in [1.165, 1.54) is 25.1 Å². The van der Waals surface area contributed by atoms with Crippen molar-refractivity contribution in [2.45, 2.75) is 26.0 Å². The van der Waals surface area contributed by atoms with E-state index in [4.69, 9.17) is 25.6 Å². The Bertz CT molecular complexity index is 1390. The van der Waals surface area contributed by atoms with Crippen molar-refractivity contribution in [3.05, 3.63) is 45.3 Å². The maximum Gasteiger partial charge on any atom is 0.277 e. The van der Waals surface area contributed by atoms with Crippen LogP contribution in [0, 0.1) is 11.3 Å². The zero-order valence-corrected chi connectivity index (χ0v) is 18.1. The van der Waals surface area contributed by atoms with E-state index >= 15 is 0 Å². The molecule has 160 valence electrons. The molecule has 0 bridgehead atoms. The summed E-state index contributed by atoms with van der Waals surface area (Å²) in [6, 6.07) is 5.43. The van der Waals surface area contributed by atoms with Crippen molar-refractivity contribution >= 4 is 28.2 Å². The molecule has 0 amide bonds. The highest BCUT2D eigenvalue weighted by Crippen LogP contribution is 2.29. The first-order valence-electron chi connectivity index (χ1n) is 9.34. The molecule has 4 aromatic rings. The second kappa shape index (κ2) is 7.77. The number of ether oxygens (including phenoxy) is 2. The molecule has 10 nitrogen and oxygen atoms in total. The summed E-state index contributed by atoms with van der Waals surface area (Å²) in [5.41, 5.74) is 0.520. The number of aromatic nitrogens is 5. The number of nitrogens with zero attached hydrogens (tertiary/aromatic N) is 6. The lowest BCUT2D eigenvalue weighted by atomic mass is 10.1. The van der Waals surface area contributed by atoms with Gasteiger partial charge in [-0.1, -0.05) is 16.8 Å². The van der Waals surface area contributed by atoms with Gasteiger partial charge in [-0.15, -0.1) is 0 Å². The first kappa shape index (κ1) is 21.0. The monoisotopic (exact) mass is 442 g/mol. The average molecular weight is 443 g/mol. The van der Waals surface area contributed by atoms with Crippen LogP contribution in [-0.4, -0.2) is 44.9 Å². The van der Waals surface area contributed by atoms with E-state index in [0.29, 0.717) is 11.0 Å². The lowest BCUT2D eigenvalue weighted by Gasteiger charge is -2.16. The van der Waals surface area contributed by atoms with Crippen molar-refractivity contribution in [3.8, 4) is 17.6 Å². The Kier molecular flexibility index (Phi) is 5.26. The summed E-state index contributed by atoms with van der Waals surface area (Å²) in [6.45, 7) is 4.05. The number of methoxy groups -OCH3 is 2. The van der Waals surface area contributed by atoms with Gasteiger partial charge >= 0.3 is 0 Å². The standard InChI is InChI=1S/C20H19ClN6O4/c1-20(2,30-4)19-24-17(25-31-19)14-16-18(28)26(7-8-29-3)15-11(9-22)12(21)5-6-13(15)27(16)10-23-14/h5-6,10H,7-8H2,1-4H3. The number of hydrogen-bond donors (Lipinski definition) is 0. The van der Waals surface area contributed by atoms with E-state index in [0.717, 1.165) is 0 Å². The zero-order chi connectivity index (χ0) is 22.3. The maximum absolute atomic E-state index is 13.5. The highest BCUT2D eigenvalue weighted by Gasteiger charge is 2.29. The Balaban J connectivity index is 2.06. The van der Waals surface area contributed by atoms with Crippen LogP contribution in [0.3, 0.4) is 0 Å². The zero-order valence-electron chi connectivity index (χ0n) is 17.3. The molecule has 0 aliphatic heterocycles. The summed E-state index contributed by atoms with van der Waals surface area (Å²) < 4.78 is 18.9. The third-order valence-electron chi connectivity index (χ3n) is 5.14. The van der Waals surface area contributed by atoms with E-state index in [1.807, 2.05) is 0 Å². The lowest BCUT2D eigenvalue weighted by molar-refractivity contribution is -0.00786. The number of halogens is 1. The Labute approximate surface area is 181 Å². The van der Waals surface area contributed by atoms with Crippen molar-refractivity contribution in [2.24, 2.45) is 0 Å². The van der Waals surface area contributed by atoms with E-state index in [1.54, 1.807) is 30.4 Å². The molecule has 0 aliphatic carbocycles. The maximum atomic E-state index is 13.5. The minimum absolute atomic E-state index is 0.159. The van der Waals surface area contributed by atoms with Gasteiger partial charge in [0.1, 0.15) is 29.2 Å². The second-order valence-corrected chi connectivity index (χ2v) is 7.71. The predicted octanol–water partition coefficient (Wildman–Crippen LogP) is 2.75. The van der Waals surface area contributed by atoms with Crippen molar-refractivity contribution in [1.82, 2.24) is 24.1 Å². The molecule has 0 fully saturated rings. The quantitative estimate of drug-likeness (QED) is 0.447. The van der Waals surface area contributed by atoms with Crippen molar-refractivity contribution in [1.29, 1.82) is 5.26 Å². The van der Waals surface area contributed by atoms with Gasteiger partial charge in [0.05, 0.1) is 28.2 Å². The smallest absolute Gasteiger partial charge is 0.277 e. The minimum atomic E-state index is -0.801. The van der Waals surface area contributed by atoms with Gasteiger partial charge in [0.15, 0.2) is 0 Å². The molecule has 11 heteroatoms. The Morgan fingerprint density at radius 1 is 1.29 bits per heavy atom. The van der Waals surface area contributed by atoms with Crippen LogP contribution in [0.4, 0.5) is 0 Å². The van der Waals surface area contributed by atoms with Gasteiger partial charge in [-0.3, -0.25) is 9.20 Å². The van der Waals surface area contributed by atoms with Crippen LogP contribution in [0.15, 0.2) is 27.8 Å². The molecule has 1 aromatic carbocycles. The molecular formula is C20H19ClN6O4. The fourth-order valence-electron chi connectivity index (χ4n) is 3.31. The summed E-state index contributed by atoms with van der Waals surface area (Å²) in [4.78, 5) is 22.3. The van der Waals surface area contributed by atoms with Gasteiger partial charge in [-0.05, 0) is 26.0 Å². The normalized spacial score (nSPS) is 12.0. The van der Waals surface area contributed by atoms with Crippen LogP contribution >= 0.6 is 11.6 Å². The van der Waals surface area contributed by atoms with Gasteiger partial charge in [0.25, 0.3) is 11.4 Å². The van der Waals surface area contributed by atoms with Gasteiger partial charge in [-0.25, -0.2) is 4.98 Å². The summed E-state index contributed by atoms with van der Waals surface area (Å²) in [7, 11) is 3.07. The number of nitriles is 1. The molecule has 0 N–H and O–H groups in total. The Morgan fingerprint density at radius 2 is 2.06 bits per heavy atom. The third-order valence-corrected chi connectivity index (χ3v) is 5.46. The highest BCUT2D eigenvalue weighted by molar-refractivity contribution is 6.32. The first-order chi connectivity index (χ1) is 14.8. The van der Waals surface area contributed by atoms with Crippen molar-refractivity contribution < 1.29 is 14.0 Å². The molecular weight excluding hydrogens is 424 g/mol. The van der Waals surface area contributed by atoms with Crippen LogP contribution < -0.4 is 5.56 Å². The summed E-state index contributed by atoms with van der Waals surface area (Å²) in [5.74, 6) is 0.414. The van der Waals surface area contributed by atoms with Crippen LogP contribution in [-0.2, 0) is 21.6 Å². The molecule has 0 saturated carbocycles.